The van der Waals surface area contributed by atoms with Gasteiger partial charge in [0.2, 0.25) is 5.79 Å². The number of esters is 1. The van der Waals surface area contributed by atoms with Crippen LogP contribution in [0.15, 0.2) is 108 Å². The molecule has 79 heavy (non-hydrogen) atoms. The Labute approximate surface area is 469 Å². The lowest BCUT2D eigenvalue weighted by Crippen LogP contribution is -2.61. The maximum atomic E-state index is 15.0. The summed E-state index contributed by atoms with van der Waals surface area (Å²) in [4.78, 5) is 73.1. The minimum Gasteiger partial charge on any atom is -0.460 e. The number of hydrogen-bond donors (Lipinski definition) is 2. The topological polar surface area (TPSA) is 201 Å². The van der Waals surface area contributed by atoms with Crippen molar-refractivity contribution >= 4 is 47.2 Å². The van der Waals surface area contributed by atoms with Gasteiger partial charge in [-0.15, -0.1) is 0 Å². The Hall–Kier alpha value is -4.70. The van der Waals surface area contributed by atoms with Crippen molar-refractivity contribution in [1.82, 2.24) is 4.90 Å². The second-order valence-electron chi connectivity index (χ2n) is 22.9. The molecule has 2 N–H and O–H groups in total. The van der Waals surface area contributed by atoms with Crippen molar-refractivity contribution in [2.45, 2.75) is 180 Å². The number of amides is 1. The number of allylic oxidation sites excluding steroid dienone is 6. The number of aliphatic hydroxyl groups is 2. The Morgan fingerprint density at radius 1 is 0.772 bits per heavy atom. The molecule has 0 aromatic heterocycles. The zero-order valence-corrected chi connectivity index (χ0v) is 49.1. The summed E-state index contributed by atoms with van der Waals surface area (Å²) in [5.74, 6) is -8.37. The normalized spacial score (nSPS) is 35.5. The predicted molar refractivity (Wildman–Crippen MR) is 304 cm³/mol. The molecule has 1 unspecified atom stereocenters. The van der Waals surface area contributed by atoms with Crippen LogP contribution in [-0.4, -0.2) is 127 Å². The minimum atomic E-state index is -3.55. The molecular weight excluding hydrogens is 1030 g/mol. The molecule has 2 aromatic rings. The molecule has 2 aromatic carbocycles. The molecule has 2 bridgehead atoms. The molecule has 1 saturated carbocycles. The van der Waals surface area contributed by atoms with E-state index in [1.54, 1.807) is 41.1 Å². The third kappa shape index (κ3) is 16.1. The van der Waals surface area contributed by atoms with Crippen LogP contribution in [0.2, 0.25) is 0 Å². The van der Waals surface area contributed by atoms with Gasteiger partial charge in [0.15, 0.2) is 5.78 Å². The van der Waals surface area contributed by atoms with Crippen molar-refractivity contribution in [3.8, 4) is 0 Å². The highest BCUT2D eigenvalue weighted by Gasteiger charge is 2.53. The number of aliphatic hydroxyl groups excluding tert-OH is 1. The third-order valence-corrected chi connectivity index (χ3v) is 19.5. The number of rotatable bonds is 10. The van der Waals surface area contributed by atoms with Crippen LogP contribution in [0.3, 0.4) is 0 Å². The van der Waals surface area contributed by atoms with Gasteiger partial charge >= 0.3 is 5.97 Å². The van der Waals surface area contributed by atoms with E-state index in [0.29, 0.717) is 80.4 Å². The summed E-state index contributed by atoms with van der Waals surface area (Å²) in [7, 11) is 1.02. The molecule has 2 saturated heterocycles. The van der Waals surface area contributed by atoms with E-state index in [4.69, 9.17) is 28.2 Å². The summed E-state index contributed by atoms with van der Waals surface area (Å²) in [5.41, 5.74) is 1.24. The molecule has 15 atom stereocenters. The first kappa shape index (κ1) is 63.5. The molecular formula is C63H88NO14P. The van der Waals surface area contributed by atoms with Gasteiger partial charge < -0.3 is 43.3 Å². The van der Waals surface area contributed by atoms with Gasteiger partial charge in [0.1, 0.15) is 30.1 Å². The van der Waals surface area contributed by atoms with Crippen LogP contribution in [-0.2, 0) is 56.7 Å². The summed E-state index contributed by atoms with van der Waals surface area (Å²) < 4.78 is 51.9. The molecule has 3 aliphatic heterocycles. The number of piperidine rings is 1. The first-order chi connectivity index (χ1) is 37.6. The molecule has 1 aliphatic carbocycles. The van der Waals surface area contributed by atoms with E-state index in [-0.39, 0.29) is 42.8 Å². The summed E-state index contributed by atoms with van der Waals surface area (Å²) in [6.45, 7) is 12.7. The van der Waals surface area contributed by atoms with Gasteiger partial charge in [-0.2, -0.15) is 0 Å². The lowest BCUT2D eigenvalue weighted by atomic mass is 9.78. The Morgan fingerprint density at radius 2 is 1.44 bits per heavy atom. The lowest BCUT2D eigenvalue weighted by Gasteiger charge is -2.42. The van der Waals surface area contributed by atoms with Crippen molar-refractivity contribution in [3.05, 3.63) is 108 Å². The number of carbonyl (C=O) groups excluding carboxylic acids is 5. The molecule has 16 heteroatoms. The van der Waals surface area contributed by atoms with Gasteiger partial charge in [0.25, 0.3) is 19.1 Å². The van der Waals surface area contributed by atoms with E-state index >= 15 is 0 Å². The quantitative estimate of drug-likeness (QED) is 0.0987. The van der Waals surface area contributed by atoms with Gasteiger partial charge in [-0.25, -0.2) is 4.79 Å². The van der Waals surface area contributed by atoms with Crippen molar-refractivity contribution < 1.29 is 67.0 Å². The van der Waals surface area contributed by atoms with Gasteiger partial charge in [-0.3, -0.25) is 23.7 Å². The summed E-state index contributed by atoms with van der Waals surface area (Å²) in [6.07, 6.45) is 10.6. The molecule has 3 fully saturated rings. The number of carbonyl (C=O) groups is 5. The minimum absolute atomic E-state index is 0.000329. The second kappa shape index (κ2) is 29.3. The first-order valence-corrected chi connectivity index (χ1v) is 30.2. The van der Waals surface area contributed by atoms with E-state index in [1.165, 1.54) is 12.0 Å². The zero-order valence-electron chi connectivity index (χ0n) is 48.2. The van der Waals surface area contributed by atoms with E-state index in [1.807, 2.05) is 119 Å². The average molecular weight is 1110 g/mol. The van der Waals surface area contributed by atoms with Crippen molar-refractivity contribution in [3.63, 3.8) is 0 Å². The van der Waals surface area contributed by atoms with Crippen LogP contribution < -0.4 is 10.6 Å². The lowest BCUT2D eigenvalue weighted by molar-refractivity contribution is -0.265. The van der Waals surface area contributed by atoms with E-state index in [0.717, 1.165) is 5.57 Å². The average Bonchev–Trinajstić information content (AvgIpc) is 3.46. The first-order valence-electron chi connectivity index (χ1n) is 28.5. The molecule has 3 heterocycles. The number of Topliss-reactive ketones (excluding diaryl/α,β-unsaturated/α-hetero) is 3. The molecule has 4 aliphatic rings. The number of nitrogens with zero attached hydrogens (tertiary/aromatic N) is 1. The highest BCUT2D eigenvalue weighted by Crippen LogP contribution is 2.49. The Kier molecular flexibility index (Phi) is 23.6. The molecule has 6 rings (SSSR count). The van der Waals surface area contributed by atoms with Gasteiger partial charge in [0, 0.05) is 69.1 Å². The number of methoxy groups -OCH3 is 3. The van der Waals surface area contributed by atoms with E-state index < -0.39 is 103 Å². The van der Waals surface area contributed by atoms with Crippen molar-refractivity contribution in [1.29, 1.82) is 0 Å². The molecule has 1 amide bonds. The van der Waals surface area contributed by atoms with Crippen LogP contribution in [0, 0.1) is 35.5 Å². The monoisotopic (exact) mass is 1110 g/mol. The fraction of sp³-hybridized carbons (Fsp3) is 0.603. The maximum absolute atomic E-state index is 15.0. The Bertz CT molecular complexity index is 2500. The second-order valence-corrected chi connectivity index (χ2v) is 25.2. The summed E-state index contributed by atoms with van der Waals surface area (Å²) in [5, 5.41) is 24.8. The number of benzene rings is 2. The molecule has 434 valence electrons. The van der Waals surface area contributed by atoms with E-state index in [2.05, 4.69) is 0 Å². The number of cyclic esters (lactones) is 1. The fourth-order valence-corrected chi connectivity index (χ4v) is 14.2. The maximum Gasteiger partial charge on any atom is 0.329 e. The largest absolute Gasteiger partial charge is 0.460 e. The van der Waals surface area contributed by atoms with E-state index in [9.17, 15) is 38.8 Å². The number of ether oxygens (including phenoxy) is 5. The third-order valence-electron chi connectivity index (χ3n) is 16.9. The van der Waals surface area contributed by atoms with Crippen LogP contribution in [0.1, 0.15) is 126 Å². The highest BCUT2D eigenvalue weighted by atomic mass is 31.2. The smallest absolute Gasteiger partial charge is 0.329 e. The predicted octanol–water partition coefficient (Wildman–Crippen LogP) is 9.13. The highest BCUT2D eigenvalue weighted by molar-refractivity contribution is 7.74. The van der Waals surface area contributed by atoms with Crippen LogP contribution in [0.5, 0.6) is 0 Å². The Morgan fingerprint density at radius 3 is 2.08 bits per heavy atom. The Balaban J connectivity index is 1.29. The number of hydrogen-bond acceptors (Lipinski definition) is 14. The molecule has 0 radical (unpaired) electrons. The van der Waals surface area contributed by atoms with Gasteiger partial charge in [-0.1, -0.05) is 107 Å². The van der Waals surface area contributed by atoms with Crippen LogP contribution >= 0.6 is 7.37 Å². The number of ketones is 3. The standard InChI is InChI=1S/C63H88NO14P/c1-40-22-14-11-15-23-41(2)54(73-8)38-48-31-29-46(7)63(71,77-48)60(68)61(69)64-33-21-20-28-51(64)62(70)76-55(39-52(65)42(3)35-45(6)58(67)59(75-10)57(66)44(5)34-40)43(4)36-47-30-32-53(56(37-47)74-9)78-79(72,49-24-16-12-17-25-49)50-26-18-13-19-27-50/h11-19,22-27,35,40,42-44,46-48,51,53-56,58-59,67,71H,20-21,28-34,36-39H2,1-10H3/b15-11+,22-14+,41-23+,45-35+/t40-,42-,43-,44-,46-,47+,48+,51?,53-,54+,55+,56-,58-,59+,63-/m1/s1. The summed E-state index contributed by atoms with van der Waals surface area (Å²) >= 11 is 0. The number of fused-ring (bicyclic) bond motifs is 3. The molecule has 0 spiro atoms. The fourth-order valence-electron chi connectivity index (χ4n) is 11.9. The summed E-state index contributed by atoms with van der Waals surface area (Å²) in [6, 6.07) is 17.2. The zero-order chi connectivity index (χ0) is 57.6. The van der Waals surface area contributed by atoms with Gasteiger partial charge in [-0.05, 0) is 131 Å². The molecule has 15 nitrogen and oxygen atoms in total. The van der Waals surface area contributed by atoms with Crippen molar-refractivity contribution in [2.75, 3.05) is 27.9 Å². The van der Waals surface area contributed by atoms with Crippen LogP contribution in [0.25, 0.3) is 0 Å². The van der Waals surface area contributed by atoms with Gasteiger partial charge in [0.05, 0.1) is 24.4 Å². The van der Waals surface area contributed by atoms with Crippen molar-refractivity contribution in [2.24, 2.45) is 35.5 Å². The van der Waals surface area contributed by atoms with Crippen LogP contribution in [0.4, 0.5) is 0 Å². The SMILES string of the molecule is CO[C@H]1C[C@@H]2CC[C@@H](C)[C@@](O)(O2)C(=O)C(=O)N2CCCCC2C(=O)O[C@H]([C@H](C)C[C@@H]2CC[C@@H](OP(=O)(c3ccccc3)c3ccccc3)[C@H](OC)C2)CC(=O)[C@H](C)/C=C(\C)[C@@H](O)[C@@H](OC)C(=O)[C@H](C)C[C@H](C)/C=C/C=C/C=C/1C.